The number of benzene rings is 3. The van der Waals surface area contributed by atoms with Crippen molar-refractivity contribution in [3.8, 4) is 17.2 Å². The molecule has 0 saturated carbocycles. The van der Waals surface area contributed by atoms with Crippen molar-refractivity contribution in [2.45, 2.75) is 0 Å². The van der Waals surface area contributed by atoms with Crippen LogP contribution in [0.15, 0.2) is 72.8 Å². The molecule has 0 aliphatic carbocycles. The van der Waals surface area contributed by atoms with Crippen molar-refractivity contribution in [1.82, 2.24) is 0 Å². The summed E-state index contributed by atoms with van der Waals surface area (Å²) in [6.07, 6.45) is 2.16. The average molecular weight is 346 g/mol. The minimum atomic E-state index is 0.830. The summed E-state index contributed by atoms with van der Waals surface area (Å²) in [4.78, 5) is 0. The Bertz CT molecular complexity index is 878. The quantitative estimate of drug-likeness (QED) is 0.567. The van der Waals surface area contributed by atoms with Gasteiger partial charge in [-0.1, -0.05) is 36.4 Å². The maximum Gasteiger partial charge on any atom is 0.119 e. The second kappa shape index (κ2) is 8.26. The van der Waals surface area contributed by atoms with Gasteiger partial charge in [-0.25, -0.2) is 0 Å². The van der Waals surface area contributed by atoms with E-state index in [9.17, 15) is 0 Å². The third kappa shape index (κ3) is 4.06. The lowest BCUT2D eigenvalue weighted by Crippen LogP contribution is -1.91. The van der Waals surface area contributed by atoms with Crippen LogP contribution in [0.4, 0.5) is 0 Å². The monoisotopic (exact) mass is 346 g/mol. The summed E-state index contributed by atoms with van der Waals surface area (Å²) in [6.45, 7) is 0. The lowest BCUT2D eigenvalue weighted by atomic mass is 9.95. The van der Waals surface area contributed by atoms with E-state index in [-0.39, 0.29) is 0 Å². The lowest BCUT2D eigenvalue weighted by molar-refractivity contribution is 0.414. The predicted molar refractivity (Wildman–Crippen MR) is 106 cm³/mol. The number of hydrogen-bond donors (Lipinski definition) is 0. The molecular weight excluding hydrogens is 324 g/mol. The molecule has 0 heterocycles. The Hall–Kier alpha value is -3.20. The molecule has 3 aromatic rings. The van der Waals surface area contributed by atoms with Gasteiger partial charge in [0.2, 0.25) is 0 Å². The van der Waals surface area contributed by atoms with Crippen LogP contribution < -0.4 is 14.2 Å². The van der Waals surface area contributed by atoms with Gasteiger partial charge in [0.25, 0.3) is 0 Å². The van der Waals surface area contributed by atoms with Gasteiger partial charge in [-0.3, -0.25) is 0 Å². The van der Waals surface area contributed by atoms with Crippen molar-refractivity contribution in [3.63, 3.8) is 0 Å². The molecule has 0 spiro atoms. The molecule has 3 aromatic carbocycles. The predicted octanol–water partition coefficient (Wildman–Crippen LogP) is 5.30. The highest BCUT2D eigenvalue weighted by Crippen LogP contribution is 2.30. The first kappa shape index (κ1) is 17.6. The van der Waals surface area contributed by atoms with E-state index in [1.165, 1.54) is 0 Å². The smallest absolute Gasteiger partial charge is 0.119 e. The van der Waals surface area contributed by atoms with E-state index in [1.54, 1.807) is 21.3 Å². The van der Waals surface area contributed by atoms with E-state index in [4.69, 9.17) is 14.2 Å². The summed E-state index contributed by atoms with van der Waals surface area (Å²) < 4.78 is 15.9. The van der Waals surface area contributed by atoms with E-state index in [0.29, 0.717) is 0 Å². The van der Waals surface area contributed by atoms with Crippen LogP contribution in [-0.4, -0.2) is 21.3 Å². The standard InChI is InChI=1S/C23H22O3/c1-24-20-11-7-17(8-12-20)15-23(18-9-13-21(25-2)14-10-18)19-5-4-6-22(16-19)26-3/h4-16H,1-3H3/b23-15+. The van der Waals surface area contributed by atoms with E-state index < -0.39 is 0 Å². The molecule has 3 rings (SSSR count). The molecule has 0 unspecified atom stereocenters. The number of ether oxygens (including phenoxy) is 3. The molecule has 26 heavy (non-hydrogen) atoms. The minimum Gasteiger partial charge on any atom is -0.497 e. The van der Waals surface area contributed by atoms with Gasteiger partial charge in [-0.15, -0.1) is 0 Å². The number of hydrogen-bond acceptors (Lipinski definition) is 3. The molecule has 3 heteroatoms. The summed E-state index contributed by atoms with van der Waals surface area (Å²) in [5.74, 6) is 2.51. The van der Waals surface area contributed by atoms with Crippen molar-refractivity contribution < 1.29 is 14.2 Å². The van der Waals surface area contributed by atoms with Gasteiger partial charge < -0.3 is 14.2 Å². The molecule has 0 bridgehead atoms. The summed E-state index contributed by atoms with van der Waals surface area (Å²) in [5.41, 5.74) is 4.40. The van der Waals surface area contributed by atoms with E-state index in [2.05, 4.69) is 24.3 Å². The second-order valence-electron chi connectivity index (χ2n) is 5.79. The zero-order chi connectivity index (χ0) is 18.4. The van der Waals surface area contributed by atoms with Crippen LogP contribution in [-0.2, 0) is 0 Å². The van der Waals surface area contributed by atoms with Crippen molar-refractivity contribution in [3.05, 3.63) is 89.5 Å². The Kier molecular flexibility index (Phi) is 5.59. The SMILES string of the molecule is COc1ccc(/C=C(\c2ccc(OC)cc2)c2cccc(OC)c2)cc1. The molecular formula is C23H22O3. The van der Waals surface area contributed by atoms with Crippen molar-refractivity contribution in [1.29, 1.82) is 0 Å². The van der Waals surface area contributed by atoms with Crippen LogP contribution >= 0.6 is 0 Å². The number of rotatable bonds is 6. The van der Waals surface area contributed by atoms with Crippen molar-refractivity contribution in [2.24, 2.45) is 0 Å². The fourth-order valence-corrected chi connectivity index (χ4v) is 2.76. The third-order valence-corrected chi connectivity index (χ3v) is 4.21. The molecule has 0 aliphatic heterocycles. The first-order valence-corrected chi connectivity index (χ1v) is 8.38. The van der Waals surface area contributed by atoms with Crippen molar-refractivity contribution >= 4 is 11.6 Å². The summed E-state index contributed by atoms with van der Waals surface area (Å²) in [6, 6.07) is 24.1. The highest BCUT2D eigenvalue weighted by molar-refractivity contribution is 5.91. The summed E-state index contributed by atoms with van der Waals surface area (Å²) in [7, 11) is 5.02. The van der Waals surface area contributed by atoms with Gasteiger partial charge in [0.15, 0.2) is 0 Å². The average Bonchev–Trinajstić information content (AvgIpc) is 2.72. The van der Waals surface area contributed by atoms with E-state index in [1.807, 2.05) is 54.6 Å². The second-order valence-corrected chi connectivity index (χ2v) is 5.79. The number of methoxy groups -OCH3 is 3. The van der Waals surface area contributed by atoms with Gasteiger partial charge in [0.1, 0.15) is 17.2 Å². The molecule has 3 nitrogen and oxygen atoms in total. The molecule has 0 radical (unpaired) electrons. The van der Waals surface area contributed by atoms with Crippen LogP contribution in [0.5, 0.6) is 17.2 Å². The lowest BCUT2D eigenvalue weighted by Gasteiger charge is -2.11. The van der Waals surface area contributed by atoms with Gasteiger partial charge in [-0.2, -0.15) is 0 Å². The molecule has 0 saturated heterocycles. The highest BCUT2D eigenvalue weighted by atomic mass is 16.5. The molecule has 0 aliphatic rings. The Morgan fingerprint density at radius 3 is 1.77 bits per heavy atom. The molecule has 0 aromatic heterocycles. The van der Waals surface area contributed by atoms with Crippen molar-refractivity contribution in [2.75, 3.05) is 21.3 Å². The molecule has 0 amide bonds. The normalized spacial score (nSPS) is 11.1. The van der Waals surface area contributed by atoms with Gasteiger partial charge in [0, 0.05) is 0 Å². The molecule has 0 fully saturated rings. The van der Waals surface area contributed by atoms with E-state index in [0.717, 1.165) is 39.5 Å². The van der Waals surface area contributed by atoms with Crippen LogP contribution in [0.25, 0.3) is 11.6 Å². The fraction of sp³-hybridized carbons (Fsp3) is 0.130. The molecule has 132 valence electrons. The van der Waals surface area contributed by atoms with E-state index >= 15 is 0 Å². The van der Waals surface area contributed by atoms with Gasteiger partial charge >= 0.3 is 0 Å². The Labute approximate surface area is 154 Å². The van der Waals surface area contributed by atoms with Crippen LogP contribution in [0.1, 0.15) is 16.7 Å². The molecule has 0 atom stereocenters. The fourth-order valence-electron chi connectivity index (χ4n) is 2.76. The molecule has 0 N–H and O–H groups in total. The third-order valence-electron chi connectivity index (χ3n) is 4.21. The van der Waals surface area contributed by atoms with Gasteiger partial charge in [0.05, 0.1) is 21.3 Å². The first-order chi connectivity index (χ1) is 12.7. The maximum atomic E-state index is 5.39. The van der Waals surface area contributed by atoms with Crippen LogP contribution in [0.3, 0.4) is 0 Å². The largest absolute Gasteiger partial charge is 0.497 e. The Morgan fingerprint density at radius 2 is 1.19 bits per heavy atom. The maximum absolute atomic E-state index is 5.39. The highest BCUT2D eigenvalue weighted by Gasteiger charge is 2.08. The first-order valence-electron chi connectivity index (χ1n) is 8.38. The van der Waals surface area contributed by atoms with Gasteiger partial charge in [-0.05, 0) is 64.7 Å². The topological polar surface area (TPSA) is 27.7 Å². The summed E-state index contributed by atoms with van der Waals surface area (Å²) in [5, 5.41) is 0. The minimum absolute atomic E-state index is 0.830. The summed E-state index contributed by atoms with van der Waals surface area (Å²) >= 11 is 0. The van der Waals surface area contributed by atoms with Crippen LogP contribution in [0.2, 0.25) is 0 Å². The Balaban J connectivity index is 2.08. The Morgan fingerprint density at radius 1 is 0.615 bits per heavy atom. The zero-order valence-electron chi connectivity index (χ0n) is 15.2. The van der Waals surface area contributed by atoms with Crippen LogP contribution in [0, 0.1) is 0 Å². The zero-order valence-corrected chi connectivity index (χ0v) is 15.2.